The summed E-state index contributed by atoms with van der Waals surface area (Å²) in [7, 11) is 0. The van der Waals surface area contributed by atoms with E-state index in [1.807, 2.05) is 24.3 Å². The normalized spacial score (nSPS) is 12.3. The zero-order valence-electron chi connectivity index (χ0n) is 19.8. The SMILES string of the molecule is CC(C)(C)c1cc(-c2nn(C(=O)c3ccc(Cl)cc3)c3ncccc23)cc(C(C)(C)C)c1O. The Balaban J connectivity index is 1.98. The van der Waals surface area contributed by atoms with Gasteiger partial charge >= 0.3 is 0 Å². The number of aromatic nitrogens is 3. The van der Waals surface area contributed by atoms with E-state index < -0.39 is 0 Å². The fourth-order valence-corrected chi connectivity index (χ4v) is 4.06. The first-order valence-electron chi connectivity index (χ1n) is 10.9. The molecule has 5 nitrogen and oxygen atoms in total. The zero-order chi connectivity index (χ0) is 24.1. The highest BCUT2D eigenvalue weighted by molar-refractivity contribution is 6.30. The van der Waals surface area contributed by atoms with E-state index in [9.17, 15) is 9.90 Å². The average molecular weight is 462 g/mol. The van der Waals surface area contributed by atoms with Crippen LogP contribution in [0.1, 0.15) is 63.0 Å². The van der Waals surface area contributed by atoms with E-state index >= 15 is 0 Å². The van der Waals surface area contributed by atoms with Crippen LogP contribution in [0.4, 0.5) is 0 Å². The van der Waals surface area contributed by atoms with Crippen LogP contribution in [0.25, 0.3) is 22.3 Å². The van der Waals surface area contributed by atoms with E-state index in [0.717, 1.165) is 22.1 Å². The second-order valence-electron chi connectivity index (χ2n) is 10.4. The van der Waals surface area contributed by atoms with Crippen molar-refractivity contribution in [2.75, 3.05) is 0 Å². The lowest BCUT2D eigenvalue weighted by Gasteiger charge is -2.28. The Morgan fingerprint density at radius 3 is 2.06 bits per heavy atom. The molecule has 2 heterocycles. The molecule has 0 unspecified atom stereocenters. The maximum atomic E-state index is 13.3. The molecule has 4 rings (SSSR count). The van der Waals surface area contributed by atoms with Gasteiger partial charge in [0, 0.05) is 38.9 Å². The van der Waals surface area contributed by atoms with Crippen molar-refractivity contribution in [2.45, 2.75) is 52.4 Å². The number of pyridine rings is 1. The molecule has 0 saturated heterocycles. The molecule has 0 bridgehead atoms. The van der Waals surface area contributed by atoms with Crippen molar-refractivity contribution in [1.82, 2.24) is 14.8 Å². The molecule has 0 aliphatic rings. The van der Waals surface area contributed by atoms with E-state index in [4.69, 9.17) is 16.7 Å². The molecule has 2 aromatic carbocycles. The van der Waals surface area contributed by atoms with Gasteiger partial charge in [-0.3, -0.25) is 4.79 Å². The van der Waals surface area contributed by atoms with Crippen LogP contribution in [0.5, 0.6) is 5.75 Å². The van der Waals surface area contributed by atoms with Gasteiger partial charge in [-0.2, -0.15) is 9.78 Å². The summed E-state index contributed by atoms with van der Waals surface area (Å²) in [6.45, 7) is 12.4. The minimum Gasteiger partial charge on any atom is -0.507 e. The molecular weight excluding hydrogens is 434 g/mol. The number of carbonyl (C=O) groups excluding carboxylic acids is 1. The van der Waals surface area contributed by atoms with Crippen LogP contribution >= 0.6 is 11.6 Å². The third kappa shape index (κ3) is 4.25. The van der Waals surface area contributed by atoms with Gasteiger partial charge in [0.05, 0.1) is 0 Å². The largest absolute Gasteiger partial charge is 0.507 e. The molecule has 1 N–H and O–H groups in total. The molecule has 0 amide bonds. The topological polar surface area (TPSA) is 68.0 Å². The Morgan fingerprint density at radius 2 is 1.52 bits per heavy atom. The van der Waals surface area contributed by atoms with Crippen LogP contribution in [0.15, 0.2) is 54.7 Å². The van der Waals surface area contributed by atoms with Crippen LogP contribution < -0.4 is 0 Å². The molecule has 0 atom stereocenters. The molecule has 0 saturated carbocycles. The average Bonchev–Trinajstić information content (AvgIpc) is 3.12. The fourth-order valence-electron chi connectivity index (χ4n) is 3.94. The van der Waals surface area contributed by atoms with Crippen LogP contribution in [0.2, 0.25) is 5.02 Å². The maximum Gasteiger partial charge on any atom is 0.280 e. The van der Waals surface area contributed by atoms with E-state index in [0.29, 0.717) is 27.7 Å². The number of hydrogen-bond acceptors (Lipinski definition) is 4. The molecule has 0 aliphatic carbocycles. The van der Waals surface area contributed by atoms with Gasteiger partial charge in [-0.15, -0.1) is 0 Å². The smallest absolute Gasteiger partial charge is 0.280 e. The maximum absolute atomic E-state index is 13.3. The minimum absolute atomic E-state index is 0.282. The number of phenols is 1. The molecule has 0 aliphatic heterocycles. The van der Waals surface area contributed by atoms with Crippen LogP contribution in [0, 0.1) is 0 Å². The number of carbonyl (C=O) groups is 1. The van der Waals surface area contributed by atoms with Crippen LogP contribution in [0.3, 0.4) is 0 Å². The molecule has 0 spiro atoms. The molecular formula is C27H28ClN3O2. The highest BCUT2D eigenvalue weighted by Crippen LogP contribution is 2.42. The second kappa shape index (κ2) is 7.99. The monoisotopic (exact) mass is 461 g/mol. The van der Waals surface area contributed by atoms with E-state index in [-0.39, 0.29) is 16.7 Å². The van der Waals surface area contributed by atoms with Gasteiger partial charge in [-0.25, -0.2) is 4.98 Å². The summed E-state index contributed by atoms with van der Waals surface area (Å²) in [5, 5.41) is 17.2. The van der Waals surface area contributed by atoms with Crippen molar-refractivity contribution in [3.8, 4) is 17.0 Å². The standard InChI is InChI=1S/C27H28ClN3O2/c1-26(2,3)20-14-17(15-21(23(20)32)27(4,5)6)22-19-8-7-13-29-24(19)31(30-22)25(33)16-9-11-18(28)12-10-16/h7-15,32H,1-6H3. The van der Waals surface area contributed by atoms with Gasteiger partial charge in [0.1, 0.15) is 11.4 Å². The van der Waals surface area contributed by atoms with Gasteiger partial charge in [0.25, 0.3) is 5.91 Å². The third-order valence-electron chi connectivity index (χ3n) is 5.73. The Morgan fingerprint density at radius 1 is 0.939 bits per heavy atom. The van der Waals surface area contributed by atoms with Gasteiger partial charge in [0.15, 0.2) is 5.65 Å². The number of phenolic OH excluding ortho intramolecular Hbond substituents is 1. The first kappa shape index (κ1) is 23.0. The number of nitrogens with zero attached hydrogens (tertiary/aromatic N) is 3. The summed E-state index contributed by atoms with van der Waals surface area (Å²) < 4.78 is 1.34. The summed E-state index contributed by atoms with van der Waals surface area (Å²) in [4.78, 5) is 17.8. The summed E-state index contributed by atoms with van der Waals surface area (Å²) in [6.07, 6.45) is 1.65. The van der Waals surface area contributed by atoms with Gasteiger partial charge in [-0.1, -0.05) is 53.1 Å². The van der Waals surface area contributed by atoms with Crippen molar-refractivity contribution in [1.29, 1.82) is 0 Å². The van der Waals surface area contributed by atoms with Crippen molar-refractivity contribution < 1.29 is 9.90 Å². The van der Waals surface area contributed by atoms with Crippen LogP contribution in [-0.2, 0) is 10.8 Å². The number of rotatable bonds is 2. The molecule has 4 aromatic rings. The zero-order valence-corrected chi connectivity index (χ0v) is 20.5. The van der Waals surface area contributed by atoms with Gasteiger partial charge in [-0.05, 0) is 59.4 Å². The summed E-state index contributed by atoms with van der Waals surface area (Å²) in [6, 6.07) is 14.4. The Hall–Kier alpha value is -3.18. The Kier molecular flexibility index (Phi) is 5.57. The predicted octanol–water partition coefficient (Wildman–Crippen LogP) is 6.74. The third-order valence-corrected chi connectivity index (χ3v) is 5.98. The molecule has 0 fully saturated rings. The summed E-state index contributed by atoms with van der Waals surface area (Å²) in [5.41, 5.74) is 3.54. The van der Waals surface area contributed by atoms with E-state index in [1.165, 1.54) is 4.68 Å². The predicted molar refractivity (Wildman–Crippen MR) is 133 cm³/mol. The highest BCUT2D eigenvalue weighted by atomic mass is 35.5. The lowest BCUT2D eigenvalue weighted by atomic mass is 9.78. The van der Waals surface area contributed by atoms with Crippen molar-refractivity contribution >= 4 is 28.5 Å². The van der Waals surface area contributed by atoms with E-state index in [1.54, 1.807) is 30.5 Å². The number of aromatic hydroxyl groups is 1. The fraction of sp³-hybridized carbons (Fsp3) is 0.296. The molecule has 170 valence electrons. The van der Waals surface area contributed by atoms with Crippen molar-refractivity contribution in [2.24, 2.45) is 0 Å². The Labute approximate surface area is 199 Å². The highest BCUT2D eigenvalue weighted by Gasteiger charge is 2.28. The number of hydrogen-bond donors (Lipinski definition) is 1. The number of halogens is 1. The lowest BCUT2D eigenvalue weighted by Crippen LogP contribution is -2.17. The van der Waals surface area contributed by atoms with Crippen molar-refractivity contribution in [3.05, 3.63) is 76.4 Å². The number of fused-ring (bicyclic) bond motifs is 1. The minimum atomic E-state index is -0.285. The van der Waals surface area contributed by atoms with Crippen LogP contribution in [-0.4, -0.2) is 25.8 Å². The van der Waals surface area contributed by atoms with Crippen molar-refractivity contribution in [3.63, 3.8) is 0 Å². The van der Waals surface area contributed by atoms with Gasteiger partial charge < -0.3 is 5.11 Å². The molecule has 6 heteroatoms. The second-order valence-corrected chi connectivity index (χ2v) is 10.8. The molecule has 2 aromatic heterocycles. The van der Waals surface area contributed by atoms with E-state index in [2.05, 4.69) is 46.5 Å². The number of benzene rings is 2. The Bertz CT molecular complexity index is 1320. The first-order chi connectivity index (χ1) is 15.4. The summed E-state index contributed by atoms with van der Waals surface area (Å²) in [5.74, 6) is 0.0188. The van der Waals surface area contributed by atoms with Gasteiger partial charge in [0.2, 0.25) is 0 Å². The quantitative estimate of drug-likeness (QED) is 0.359. The lowest BCUT2D eigenvalue weighted by molar-refractivity contribution is 0.0950. The molecule has 33 heavy (non-hydrogen) atoms. The first-order valence-corrected chi connectivity index (χ1v) is 11.3. The molecule has 0 radical (unpaired) electrons. The summed E-state index contributed by atoms with van der Waals surface area (Å²) >= 11 is 5.99.